The summed E-state index contributed by atoms with van der Waals surface area (Å²) in [5.41, 5.74) is 0.618. The molecular formula is C13H16N4O. The number of nitrogens with zero attached hydrogens (tertiary/aromatic N) is 4. The van der Waals surface area contributed by atoms with Crippen LogP contribution in [-0.2, 0) is 4.79 Å². The first-order valence-electron chi connectivity index (χ1n) is 6.07. The second-order valence-electron chi connectivity index (χ2n) is 4.36. The molecule has 0 bridgehead atoms. The molecule has 1 fully saturated rings. The van der Waals surface area contributed by atoms with Crippen LogP contribution in [0.3, 0.4) is 0 Å². The lowest BCUT2D eigenvalue weighted by atomic mass is 10.2. The summed E-state index contributed by atoms with van der Waals surface area (Å²) in [6.07, 6.45) is 2.58. The Morgan fingerprint density at radius 3 is 2.94 bits per heavy atom. The predicted octanol–water partition coefficient (Wildman–Crippen LogP) is 1.01. The van der Waals surface area contributed by atoms with Crippen LogP contribution in [0.4, 0.5) is 5.82 Å². The molecule has 0 aromatic carbocycles. The molecule has 0 radical (unpaired) electrons. The number of rotatable bonds is 1. The standard InChI is InChI=1S/C13H16N4O/c1-11(18)16-5-2-6-17(8-7-16)13-9-12(10-14)3-4-15-13/h3-4,9H,2,5-8H2,1H3. The molecule has 0 spiro atoms. The van der Waals surface area contributed by atoms with Crippen molar-refractivity contribution in [1.82, 2.24) is 9.88 Å². The average Bonchev–Trinajstić information content (AvgIpc) is 2.64. The molecule has 0 saturated carbocycles. The van der Waals surface area contributed by atoms with Crippen molar-refractivity contribution in [2.75, 3.05) is 31.1 Å². The van der Waals surface area contributed by atoms with E-state index in [0.29, 0.717) is 12.1 Å². The molecule has 1 saturated heterocycles. The molecule has 1 aliphatic heterocycles. The fourth-order valence-corrected chi connectivity index (χ4v) is 2.12. The van der Waals surface area contributed by atoms with Crippen molar-refractivity contribution in [2.45, 2.75) is 13.3 Å². The lowest BCUT2D eigenvalue weighted by molar-refractivity contribution is -0.128. The summed E-state index contributed by atoms with van der Waals surface area (Å²) < 4.78 is 0. The van der Waals surface area contributed by atoms with Crippen LogP contribution in [0.5, 0.6) is 0 Å². The zero-order valence-electron chi connectivity index (χ0n) is 10.5. The highest BCUT2D eigenvalue weighted by atomic mass is 16.2. The van der Waals surface area contributed by atoms with E-state index in [1.54, 1.807) is 25.3 Å². The van der Waals surface area contributed by atoms with E-state index in [0.717, 1.165) is 31.9 Å². The van der Waals surface area contributed by atoms with Crippen LogP contribution in [-0.4, -0.2) is 42.0 Å². The van der Waals surface area contributed by atoms with E-state index in [2.05, 4.69) is 16.0 Å². The van der Waals surface area contributed by atoms with Gasteiger partial charge >= 0.3 is 0 Å². The molecule has 94 valence electrons. The maximum Gasteiger partial charge on any atom is 0.219 e. The minimum absolute atomic E-state index is 0.121. The number of hydrogen-bond donors (Lipinski definition) is 0. The maximum atomic E-state index is 11.3. The van der Waals surface area contributed by atoms with E-state index >= 15 is 0 Å². The van der Waals surface area contributed by atoms with Gasteiger partial charge in [0.1, 0.15) is 5.82 Å². The largest absolute Gasteiger partial charge is 0.355 e. The summed E-state index contributed by atoms with van der Waals surface area (Å²) in [4.78, 5) is 19.6. The number of carbonyl (C=O) groups is 1. The zero-order valence-corrected chi connectivity index (χ0v) is 10.5. The van der Waals surface area contributed by atoms with E-state index in [4.69, 9.17) is 5.26 Å². The number of carbonyl (C=O) groups excluding carboxylic acids is 1. The maximum absolute atomic E-state index is 11.3. The average molecular weight is 244 g/mol. The second-order valence-corrected chi connectivity index (χ2v) is 4.36. The predicted molar refractivity (Wildman–Crippen MR) is 68.0 cm³/mol. The van der Waals surface area contributed by atoms with E-state index in [1.807, 2.05) is 4.90 Å². The molecule has 5 nitrogen and oxygen atoms in total. The molecule has 1 aromatic heterocycles. The van der Waals surface area contributed by atoms with Gasteiger partial charge in [0, 0.05) is 39.3 Å². The molecule has 0 atom stereocenters. The quantitative estimate of drug-likeness (QED) is 0.739. The Balaban J connectivity index is 2.10. The Morgan fingerprint density at radius 1 is 1.39 bits per heavy atom. The van der Waals surface area contributed by atoms with Gasteiger partial charge in [-0.2, -0.15) is 5.26 Å². The van der Waals surface area contributed by atoms with Crippen LogP contribution in [0.15, 0.2) is 18.3 Å². The summed E-state index contributed by atoms with van der Waals surface area (Å²) in [6.45, 7) is 4.74. The Bertz CT molecular complexity index is 480. The fraction of sp³-hybridized carbons (Fsp3) is 0.462. The molecule has 5 heteroatoms. The van der Waals surface area contributed by atoms with E-state index in [1.165, 1.54) is 0 Å². The van der Waals surface area contributed by atoms with E-state index in [-0.39, 0.29) is 5.91 Å². The SMILES string of the molecule is CC(=O)N1CCCN(c2cc(C#N)ccn2)CC1. The van der Waals surface area contributed by atoms with Crippen LogP contribution >= 0.6 is 0 Å². The molecule has 1 aromatic rings. The molecule has 0 aliphatic carbocycles. The molecular weight excluding hydrogens is 228 g/mol. The number of hydrogen-bond acceptors (Lipinski definition) is 4. The van der Waals surface area contributed by atoms with Gasteiger partial charge in [-0.15, -0.1) is 0 Å². The van der Waals surface area contributed by atoms with Gasteiger partial charge in [0.25, 0.3) is 0 Å². The highest BCUT2D eigenvalue weighted by Crippen LogP contribution is 2.14. The van der Waals surface area contributed by atoms with Crippen molar-refractivity contribution in [3.63, 3.8) is 0 Å². The summed E-state index contributed by atoms with van der Waals surface area (Å²) in [6, 6.07) is 5.61. The summed E-state index contributed by atoms with van der Waals surface area (Å²) in [5, 5.41) is 8.88. The van der Waals surface area contributed by atoms with Gasteiger partial charge in [-0.1, -0.05) is 0 Å². The summed E-state index contributed by atoms with van der Waals surface area (Å²) in [5.74, 6) is 0.940. The summed E-state index contributed by atoms with van der Waals surface area (Å²) >= 11 is 0. The van der Waals surface area contributed by atoms with Crippen molar-refractivity contribution in [2.24, 2.45) is 0 Å². The molecule has 2 heterocycles. The number of nitriles is 1. The first kappa shape index (κ1) is 12.4. The topological polar surface area (TPSA) is 60.2 Å². The van der Waals surface area contributed by atoms with Gasteiger partial charge in [0.05, 0.1) is 11.6 Å². The van der Waals surface area contributed by atoms with Crippen LogP contribution in [0.25, 0.3) is 0 Å². The van der Waals surface area contributed by atoms with Gasteiger partial charge in [-0.25, -0.2) is 4.98 Å². The number of pyridine rings is 1. The number of amides is 1. The van der Waals surface area contributed by atoms with Crippen LogP contribution in [0.1, 0.15) is 18.9 Å². The Morgan fingerprint density at radius 2 is 2.22 bits per heavy atom. The Hall–Kier alpha value is -2.09. The second kappa shape index (κ2) is 5.50. The minimum atomic E-state index is 0.121. The highest BCUT2D eigenvalue weighted by Gasteiger charge is 2.17. The molecule has 1 aliphatic rings. The third kappa shape index (κ3) is 2.77. The van der Waals surface area contributed by atoms with Gasteiger partial charge in [0.2, 0.25) is 5.91 Å². The lowest BCUT2D eigenvalue weighted by Crippen LogP contribution is -2.33. The van der Waals surface area contributed by atoms with E-state index < -0.39 is 0 Å². The molecule has 0 unspecified atom stereocenters. The molecule has 2 rings (SSSR count). The highest BCUT2D eigenvalue weighted by molar-refractivity contribution is 5.73. The third-order valence-corrected chi connectivity index (χ3v) is 3.14. The lowest BCUT2D eigenvalue weighted by Gasteiger charge is -2.22. The minimum Gasteiger partial charge on any atom is -0.355 e. The zero-order chi connectivity index (χ0) is 13.0. The van der Waals surface area contributed by atoms with Crippen molar-refractivity contribution in [3.05, 3.63) is 23.9 Å². The smallest absolute Gasteiger partial charge is 0.219 e. The number of anilines is 1. The van der Waals surface area contributed by atoms with Crippen LogP contribution in [0, 0.1) is 11.3 Å². The number of aromatic nitrogens is 1. The van der Waals surface area contributed by atoms with Gasteiger partial charge in [0.15, 0.2) is 0 Å². The van der Waals surface area contributed by atoms with E-state index in [9.17, 15) is 4.79 Å². The van der Waals surface area contributed by atoms with Crippen molar-refractivity contribution in [1.29, 1.82) is 5.26 Å². The van der Waals surface area contributed by atoms with Crippen molar-refractivity contribution < 1.29 is 4.79 Å². The summed E-state index contributed by atoms with van der Waals surface area (Å²) in [7, 11) is 0. The van der Waals surface area contributed by atoms with Crippen molar-refractivity contribution >= 4 is 11.7 Å². The normalized spacial score (nSPS) is 16.0. The first-order chi connectivity index (χ1) is 8.70. The first-order valence-corrected chi connectivity index (χ1v) is 6.07. The Labute approximate surface area is 107 Å². The Kier molecular flexibility index (Phi) is 3.78. The third-order valence-electron chi connectivity index (χ3n) is 3.14. The monoisotopic (exact) mass is 244 g/mol. The van der Waals surface area contributed by atoms with Gasteiger partial charge < -0.3 is 9.80 Å². The van der Waals surface area contributed by atoms with Crippen molar-refractivity contribution in [3.8, 4) is 6.07 Å². The fourth-order valence-electron chi connectivity index (χ4n) is 2.12. The molecule has 18 heavy (non-hydrogen) atoms. The van der Waals surface area contributed by atoms with Gasteiger partial charge in [-0.3, -0.25) is 4.79 Å². The molecule has 0 N–H and O–H groups in total. The van der Waals surface area contributed by atoms with Crippen LogP contribution < -0.4 is 4.90 Å². The van der Waals surface area contributed by atoms with Gasteiger partial charge in [-0.05, 0) is 18.6 Å². The van der Waals surface area contributed by atoms with Crippen LogP contribution in [0.2, 0.25) is 0 Å². The molecule has 1 amide bonds.